The Balaban J connectivity index is 1.61. The standard InChI is InChI=1S/C20H21ClN2O3/c1-26-17-4-2-3-14(13-17)11-12-22-20(25)18-9-10-19(24)23(18)16-7-5-15(21)6-8-16/h2-8,13,18H,9-12H2,1H3,(H,22,25). The minimum absolute atomic E-state index is 0.0414. The van der Waals surface area contributed by atoms with Gasteiger partial charge in [-0.15, -0.1) is 0 Å². The third-order valence-electron chi connectivity index (χ3n) is 4.47. The van der Waals surface area contributed by atoms with E-state index in [0.717, 1.165) is 11.3 Å². The highest BCUT2D eigenvalue weighted by molar-refractivity contribution is 6.30. The number of carbonyl (C=O) groups is 2. The first kappa shape index (κ1) is 18.3. The lowest BCUT2D eigenvalue weighted by molar-refractivity contribution is -0.123. The minimum Gasteiger partial charge on any atom is -0.497 e. The predicted octanol–water partition coefficient (Wildman–Crippen LogP) is 3.20. The van der Waals surface area contributed by atoms with Gasteiger partial charge in [0.1, 0.15) is 11.8 Å². The summed E-state index contributed by atoms with van der Waals surface area (Å²) in [5.74, 6) is 0.623. The molecule has 1 heterocycles. The summed E-state index contributed by atoms with van der Waals surface area (Å²) < 4.78 is 5.21. The van der Waals surface area contributed by atoms with E-state index in [9.17, 15) is 9.59 Å². The Morgan fingerprint density at radius 3 is 2.77 bits per heavy atom. The molecule has 2 aromatic carbocycles. The van der Waals surface area contributed by atoms with Crippen LogP contribution in [-0.2, 0) is 16.0 Å². The molecular formula is C20H21ClN2O3. The molecule has 0 aromatic heterocycles. The van der Waals surface area contributed by atoms with Crippen LogP contribution in [0.4, 0.5) is 5.69 Å². The molecule has 1 atom stereocenters. The van der Waals surface area contributed by atoms with Crippen LogP contribution in [0.5, 0.6) is 5.75 Å². The van der Waals surface area contributed by atoms with Gasteiger partial charge in [0, 0.05) is 23.7 Å². The zero-order chi connectivity index (χ0) is 18.5. The van der Waals surface area contributed by atoms with Crippen molar-refractivity contribution in [3.8, 4) is 5.75 Å². The molecular weight excluding hydrogens is 352 g/mol. The van der Waals surface area contributed by atoms with Crippen LogP contribution < -0.4 is 15.0 Å². The minimum atomic E-state index is -0.478. The Morgan fingerprint density at radius 2 is 2.04 bits per heavy atom. The number of hydrogen-bond acceptors (Lipinski definition) is 3. The average Bonchev–Trinajstić information content (AvgIpc) is 3.04. The SMILES string of the molecule is COc1cccc(CCNC(=O)C2CCC(=O)N2c2ccc(Cl)cc2)c1. The smallest absolute Gasteiger partial charge is 0.243 e. The van der Waals surface area contributed by atoms with E-state index in [1.165, 1.54) is 0 Å². The number of carbonyl (C=O) groups excluding carboxylic acids is 2. The number of hydrogen-bond donors (Lipinski definition) is 1. The molecule has 1 unspecified atom stereocenters. The van der Waals surface area contributed by atoms with Crippen molar-refractivity contribution in [1.29, 1.82) is 0 Å². The maximum atomic E-state index is 12.6. The molecule has 136 valence electrons. The lowest BCUT2D eigenvalue weighted by atomic mass is 10.1. The van der Waals surface area contributed by atoms with Crippen LogP contribution in [0.1, 0.15) is 18.4 Å². The molecule has 0 spiro atoms. The summed E-state index contributed by atoms with van der Waals surface area (Å²) in [6.07, 6.45) is 1.59. The second-order valence-corrected chi connectivity index (χ2v) is 6.62. The van der Waals surface area contributed by atoms with Gasteiger partial charge in [0.15, 0.2) is 0 Å². The number of nitrogens with one attached hydrogen (secondary N) is 1. The van der Waals surface area contributed by atoms with Crippen LogP contribution in [0, 0.1) is 0 Å². The number of rotatable bonds is 6. The number of anilines is 1. The topological polar surface area (TPSA) is 58.6 Å². The molecule has 5 nitrogen and oxygen atoms in total. The van der Waals surface area contributed by atoms with Gasteiger partial charge in [0.05, 0.1) is 7.11 Å². The van der Waals surface area contributed by atoms with E-state index in [4.69, 9.17) is 16.3 Å². The Morgan fingerprint density at radius 1 is 1.27 bits per heavy atom. The molecule has 1 fully saturated rings. The predicted molar refractivity (Wildman–Crippen MR) is 102 cm³/mol. The Hall–Kier alpha value is -2.53. The first-order valence-corrected chi connectivity index (χ1v) is 8.94. The highest BCUT2D eigenvalue weighted by Crippen LogP contribution is 2.28. The molecule has 2 aromatic rings. The summed E-state index contributed by atoms with van der Waals surface area (Å²) in [6, 6.07) is 14.3. The lowest BCUT2D eigenvalue weighted by Crippen LogP contribution is -2.45. The van der Waals surface area contributed by atoms with E-state index < -0.39 is 6.04 Å². The fourth-order valence-electron chi connectivity index (χ4n) is 3.13. The molecule has 1 aliphatic heterocycles. The molecule has 0 saturated carbocycles. The number of nitrogens with zero attached hydrogens (tertiary/aromatic N) is 1. The molecule has 0 radical (unpaired) electrons. The van der Waals surface area contributed by atoms with Crippen LogP contribution in [0.15, 0.2) is 48.5 Å². The fraction of sp³-hybridized carbons (Fsp3) is 0.300. The van der Waals surface area contributed by atoms with Gasteiger partial charge < -0.3 is 10.1 Å². The van der Waals surface area contributed by atoms with Crippen molar-refractivity contribution in [3.05, 3.63) is 59.1 Å². The van der Waals surface area contributed by atoms with Gasteiger partial charge in [0.25, 0.3) is 0 Å². The molecule has 2 amide bonds. The molecule has 1 aliphatic rings. The monoisotopic (exact) mass is 372 g/mol. The maximum absolute atomic E-state index is 12.6. The van der Waals surface area contributed by atoms with Crippen LogP contribution in [-0.4, -0.2) is 31.5 Å². The number of halogens is 1. The first-order chi connectivity index (χ1) is 12.6. The number of methoxy groups -OCH3 is 1. The van der Waals surface area contributed by atoms with E-state index in [1.54, 1.807) is 36.3 Å². The van der Waals surface area contributed by atoms with E-state index >= 15 is 0 Å². The Labute approximate surface area is 157 Å². The maximum Gasteiger partial charge on any atom is 0.243 e. The number of amides is 2. The average molecular weight is 373 g/mol. The summed E-state index contributed by atoms with van der Waals surface area (Å²) in [7, 11) is 1.63. The van der Waals surface area contributed by atoms with Crippen molar-refractivity contribution >= 4 is 29.1 Å². The van der Waals surface area contributed by atoms with Crippen molar-refractivity contribution in [2.75, 3.05) is 18.6 Å². The summed E-state index contributed by atoms with van der Waals surface area (Å²) in [5.41, 5.74) is 1.78. The van der Waals surface area contributed by atoms with Crippen molar-refractivity contribution in [3.63, 3.8) is 0 Å². The van der Waals surface area contributed by atoms with Crippen LogP contribution in [0.3, 0.4) is 0 Å². The van der Waals surface area contributed by atoms with Gasteiger partial charge >= 0.3 is 0 Å². The Kier molecular flexibility index (Phi) is 5.78. The molecule has 1 saturated heterocycles. The van der Waals surface area contributed by atoms with Gasteiger partial charge in [0.2, 0.25) is 11.8 Å². The second kappa shape index (κ2) is 8.23. The van der Waals surface area contributed by atoms with E-state index in [0.29, 0.717) is 36.5 Å². The van der Waals surface area contributed by atoms with Gasteiger partial charge in [-0.3, -0.25) is 14.5 Å². The van der Waals surface area contributed by atoms with Crippen molar-refractivity contribution in [2.45, 2.75) is 25.3 Å². The molecule has 6 heteroatoms. The van der Waals surface area contributed by atoms with E-state index in [-0.39, 0.29) is 11.8 Å². The van der Waals surface area contributed by atoms with Gasteiger partial charge in [-0.25, -0.2) is 0 Å². The quantitative estimate of drug-likeness (QED) is 0.847. The largest absolute Gasteiger partial charge is 0.497 e. The summed E-state index contributed by atoms with van der Waals surface area (Å²) in [5, 5.41) is 3.54. The molecule has 0 aliphatic carbocycles. The van der Waals surface area contributed by atoms with Gasteiger partial charge in [-0.2, -0.15) is 0 Å². The van der Waals surface area contributed by atoms with E-state index in [2.05, 4.69) is 5.32 Å². The van der Waals surface area contributed by atoms with Crippen LogP contribution in [0.2, 0.25) is 5.02 Å². The normalized spacial score (nSPS) is 16.6. The van der Waals surface area contributed by atoms with Gasteiger partial charge in [-0.1, -0.05) is 23.7 Å². The first-order valence-electron chi connectivity index (χ1n) is 8.57. The number of ether oxygens (including phenoxy) is 1. The second-order valence-electron chi connectivity index (χ2n) is 6.19. The summed E-state index contributed by atoms with van der Waals surface area (Å²) >= 11 is 5.91. The Bertz CT molecular complexity index is 792. The lowest BCUT2D eigenvalue weighted by Gasteiger charge is -2.24. The van der Waals surface area contributed by atoms with Crippen LogP contribution in [0.25, 0.3) is 0 Å². The zero-order valence-corrected chi connectivity index (χ0v) is 15.3. The fourth-order valence-corrected chi connectivity index (χ4v) is 3.26. The molecule has 26 heavy (non-hydrogen) atoms. The van der Waals surface area contributed by atoms with Crippen molar-refractivity contribution in [2.24, 2.45) is 0 Å². The van der Waals surface area contributed by atoms with Crippen molar-refractivity contribution in [1.82, 2.24) is 5.32 Å². The number of benzene rings is 2. The van der Waals surface area contributed by atoms with E-state index in [1.807, 2.05) is 24.3 Å². The van der Waals surface area contributed by atoms with Gasteiger partial charge in [-0.05, 0) is 54.8 Å². The zero-order valence-electron chi connectivity index (χ0n) is 14.6. The highest BCUT2D eigenvalue weighted by atomic mass is 35.5. The third-order valence-corrected chi connectivity index (χ3v) is 4.72. The van der Waals surface area contributed by atoms with Crippen molar-refractivity contribution < 1.29 is 14.3 Å². The summed E-state index contributed by atoms with van der Waals surface area (Å²) in [6.45, 7) is 0.505. The third kappa shape index (κ3) is 4.17. The molecule has 3 rings (SSSR count). The summed E-state index contributed by atoms with van der Waals surface area (Å²) in [4.78, 5) is 26.4. The van der Waals surface area contributed by atoms with Crippen LogP contribution >= 0.6 is 11.6 Å². The molecule has 1 N–H and O–H groups in total. The highest BCUT2D eigenvalue weighted by Gasteiger charge is 2.36. The molecule has 0 bridgehead atoms.